The normalized spacial score (nSPS) is 14.5. The fourth-order valence-corrected chi connectivity index (χ4v) is 2.99. The Morgan fingerprint density at radius 1 is 0.700 bits per heavy atom. The molecule has 1 aromatic rings. The first kappa shape index (κ1) is 34.4. The zero-order valence-electron chi connectivity index (χ0n) is 24.9. The average molecular weight is 565 g/mol. The molecule has 0 aliphatic heterocycles. The predicted octanol–water partition coefficient (Wildman–Crippen LogP) is 1.95. The molecule has 4 atom stereocenters. The molecule has 12 heteroatoms. The van der Waals surface area contributed by atoms with E-state index in [0.29, 0.717) is 0 Å². The highest BCUT2D eigenvalue weighted by atomic mass is 16.6. The monoisotopic (exact) mass is 564 g/mol. The summed E-state index contributed by atoms with van der Waals surface area (Å²) >= 11 is 0. The van der Waals surface area contributed by atoms with E-state index in [0.717, 1.165) is 5.56 Å². The lowest BCUT2D eigenvalue weighted by Gasteiger charge is -2.26. The largest absolute Gasteiger partial charge is 0.458 e. The molecule has 12 nitrogen and oxygen atoms in total. The minimum Gasteiger partial charge on any atom is -0.458 e. The van der Waals surface area contributed by atoms with Crippen molar-refractivity contribution >= 4 is 29.8 Å². The van der Waals surface area contributed by atoms with Gasteiger partial charge in [0.1, 0.15) is 36.4 Å². The summed E-state index contributed by atoms with van der Waals surface area (Å²) in [6.07, 6.45) is -0.831. The van der Waals surface area contributed by atoms with Crippen LogP contribution in [0.4, 0.5) is 4.79 Å². The maximum absolute atomic E-state index is 13.0. The van der Waals surface area contributed by atoms with Crippen LogP contribution in [0.2, 0.25) is 0 Å². The second kappa shape index (κ2) is 15.2. The van der Waals surface area contributed by atoms with Crippen LogP contribution in [0.15, 0.2) is 30.3 Å². The zero-order chi connectivity index (χ0) is 30.7. The fraction of sp³-hybridized carbons (Fsp3) is 0.607. The van der Waals surface area contributed by atoms with Gasteiger partial charge in [-0.15, -0.1) is 0 Å². The number of nitrogens with one attached hydrogen (secondary N) is 4. The maximum atomic E-state index is 13.0. The Hall–Kier alpha value is -3.67. The van der Waals surface area contributed by atoms with Crippen LogP contribution >= 0.6 is 0 Å². The highest BCUT2D eigenvalue weighted by Crippen LogP contribution is 2.09. The molecule has 0 saturated heterocycles. The van der Waals surface area contributed by atoms with Crippen LogP contribution in [0.25, 0.3) is 0 Å². The molecule has 0 saturated carbocycles. The molecule has 0 bridgehead atoms. The lowest BCUT2D eigenvalue weighted by molar-refractivity contribution is -0.158. The molecule has 0 radical (unpaired) electrons. The van der Waals surface area contributed by atoms with Crippen molar-refractivity contribution in [1.82, 2.24) is 21.3 Å². The van der Waals surface area contributed by atoms with Crippen molar-refractivity contribution in [3.05, 3.63) is 35.9 Å². The third kappa shape index (κ3) is 13.9. The van der Waals surface area contributed by atoms with Crippen molar-refractivity contribution in [1.29, 1.82) is 0 Å². The Kier molecular flexibility index (Phi) is 13.1. The van der Waals surface area contributed by atoms with E-state index in [-0.39, 0.29) is 13.2 Å². The molecule has 0 spiro atoms. The van der Waals surface area contributed by atoms with Crippen LogP contribution in [0.3, 0.4) is 0 Å². The molecule has 1 rings (SSSR count). The molecule has 0 aliphatic rings. The first-order valence-electron chi connectivity index (χ1n) is 13.1. The van der Waals surface area contributed by atoms with Gasteiger partial charge in [0.05, 0.1) is 12.2 Å². The van der Waals surface area contributed by atoms with Gasteiger partial charge in [0.2, 0.25) is 17.7 Å². The number of carbonyl (C=O) groups excluding carboxylic acids is 5. The summed E-state index contributed by atoms with van der Waals surface area (Å²) in [4.78, 5) is 62.6. The summed E-state index contributed by atoms with van der Waals surface area (Å²) in [5, 5.41) is 9.97. The summed E-state index contributed by atoms with van der Waals surface area (Å²) < 4.78 is 16.1. The van der Waals surface area contributed by atoms with Gasteiger partial charge < -0.3 is 35.5 Å². The van der Waals surface area contributed by atoms with Gasteiger partial charge in [-0.25, -0.2) is 9.59 Å². The average Bonchev–Trinajstić information content (AvgIpc) is 2.83. The summed E-state index contributed by atoms with van der Waals surface area (Å²) in [5.74, 6) is -2.55. The summed E-state index contributed by atoms with van der Waals surface area (Å²) in [5.41, 5.74) is -0.544. The summed E-state index contributed by atoms with van der Waals surface area (Å²) in [6, 6.07) is 4.87. The molecular formula is C28H44N4O8. The number of benzene rings is 1. The van der Waals surface area contributed by atoms with Crippen LogP contribution in [-0.2, 0) is 40.0 Å². The van der Waals surface area contributed by atoms with E-state index in [4.69, 9.17) is 14.2 Å². The highest BCUT2D eigenvalue weighted by Gasteiger charge is 2.29. The number of hydrogen-bond acceptors (Lipinski definition) is 8. The van der Waals surface area contributed by atoms with Crippen LogP contribution in [0.5, 0.6) is 0 Å². The van der Waals surface area contributed by atoms with Gasteiger partial charge in [-0.05, 0) is 67.9 Å². The third-order valence-electron chi connectivity index (χ3n) is 5.13. The molecule has 0 heterocycles. The first-order chi connectivity index (χ1) is 18.4. The highest BCUT2D eigenvalue weighted by molar-refractivity contribution is 5.94. The number of esters is 1. The number of rotatable bonds is 12. The number of ether oxygens (including phenoxy) is 3. The molecular weight excluding hydrogens is 520 g/mol. The second-order valence-corrected chi connectivity index (χ2v) is 11.4. The van der Waals surface area contributed by atoms with Gasteiger partial charge in [0.25, 0.3) is 0 Å². The van der Waals surface area contributed by atoms with Gasteiger partial charge in [-0.3, -0.25) is 14.4 Å². The Labute approximate surface area is 236 Å². The lowest BCUT2D eigenvalue weighted by Crippen LogP contribution is -2.57. The van der Waals surface area contributed by atoms with E-state index in [1.54, 1.807) is 53.7 Å². The van der Waals surface area contributed by atoms with E-state index in [9.17, 15) is 24.0 Å². The summed E-state index contributed by atoms with van der Waals surface area (Å²) in [6.45, 7) is 14.7. The van der Waals surface area contributed by atoms with E-state index < -0.39 is 65.2 Å². The molecule has 224 valence electrons. The van der Waals surface area contributed by atoms with Crippen LogP contribution in [0.1, 0.15) is 67.9 Å². The molecule has 4 N–H and O–H groups in total. The summed E-state index contributed by atoms with van der Waals surface area (Å²) in [7, 11) is 0. The quantitative estimate of drug-likeness (QED) is 0.280. The molecule has 1 aromatic carbocycles. The Bertz CT molecular complexity index is 1020. The van der Waals surface area contributed by atoms with Gasteiger partial charge in [-0.2, -0.15) is 0 Å². The molecule has 0 unspecified atom stereocenters. The number of carbonyl (C=O) groups is 5. The van der Waals surface area contributed by atoms with Gasteiger partial charge in [0, 0.05) is 0 Å². The van der Waals surface area contributed by atoms with Crippen molar-refractivity contribution < 1.29 is 38.2 Å². The molecule has 40 heavy (non-hydrogen) atoms. The van der Waals surface area contributed by atoms with Crippen molar-refractivity contribution in [2.45, 2.75) is 104 Å². The van der Waals surface area contributed by atoms with Crippen molar-refractivity contribution in [3.63, 3.8) is 0 Å². The number of amides is 4. The van der Waals surface area contributed by atoms with Crippen LogP contribution in [0, 0.1) is 0 Å². The van der Waals surface area contributed by atoms with E-state index in [2.05, 4.69) is 21.3 Å². The maximum Gasteiger partial charge on any atom is 0.408 e. The Morgan fingerprint density at radius 3 is 1.70 bits per heavy atom. The number of alkyl carbamates (subject to hydrolysis) is 1. The Morgan fingerprint density at radius 2 is 1.20 bits per heavy atom. The number of hydrogen-bond donors (Lipinski definition) is 4. The SMILES string of the molecule is C[C@H](NC(=O)[C@H](C)NC(=O)[C@H](COC(C)(C)C)NC(=O)OCc1ccccc1)C(=O)N[C@@H](C)C(=O)OC(C)(C)C. The minimum atomic E-state index is -1.16. The van der Waals surface area contributed by atoms with Crippen LogP contribution in [-0.4, -0.2) is 71.8 Å². The van der Waals surface area contributed by atoms with Crippen molar-refractivity contribution in [3.8, 4) is 0 Å². The standard InChI is InChI=1S/C28H44N4O8/c1-17(23(34)31-19(3)25(36)40-28(7,8)9)29-22(33)18(2)30-24(35)21(16-39-27(4,5)6)32-26(37)38-15-20-13-11-10-12-14-20/h10-14,17-19,21H,15-16H2,1-9H3,(H,29,33)(H,30,35)(H,31,34)(H,32,37)/t17-,18-,19-,21-/m0/s1. The lowest BCUT2D eigenvalue weighted by atomic mass is 10.2. The van der Waals surface area contributed by atoms with Gasteiger partial charge in [-0.1, -0.05) is 30.3 Å². The smallest absolute Gasteiger partial charge is 0.408 e. The second-order valence-electron chi connectivity index (χ2n) is 11.4. The van der Waals surface area contributed by atoms with Crippen molar-refractivity contribution in [2.75, 3.05) is 6.61 Å². The van der Waals surface area contributed by atoms with Crippen molar-refractivity contribution in [2.24, 2.45) is 0 Å². The molecule has 0 fully saturated rings. The zero-order valence-corrected chi connectivity index (χ0v) is 24.9. The topological polar surface area (TPSA) is 161 Å². The van der Waals surface area contributed by atoms with E-state index in [1.807, 2.05) is 18.2 Å². The third-order valence-corrected chi connectivity index (χ3v) is 5.13. The van der Waals surface area contributed by atoms with Gasteiger partial charge >= 0.3 is 12.1 Å². The van der Waals surface area contributed by atoms with Gasteiger partial charge in [0.15, 0.2) is 0 Å². The Balaban J connectivity index is 2.71. The molecule has 0 aliphatic carbocycles. The predicted molar refractivity (Wildman–Crippen MR) is 148 cm³/mol. The van der Waals surface area contributed by atoms with E-state index >= 15 is 0 Å². The first-order valence-corrected chi connectivity index (χ1v) is 13.1. The van der Waals surface area contributed by atoms with E-state index in [1.165, 1.54) is 20.8 Å². The molecule has 4 amide bonds. The fourth-order valence-electron chi connectivity index (χ4n) is 2.99. The minimum absolute atomic E-state index is 0.00639. The molecule has 0 aromatic heterocycles. The van der Waals surface area contributed by atoms with Crippen LogP contribution < -0.4 is 21.3 Å².